The maximum Gasteiger partial charge on any atom is 0.271 e. The van der Waals surface area contributed by atoms with Crippen molar-refractivity contribution < 1.29 is 14.4 Å². The van der Waals surface area contributed by atoms with E-state index in [9.17, 15) is 14.4 Å². The molecule has 3 amide bonds. The fourth-order valence-electron chi connectivity index (χ4n) is 1.81. The molecule has 110 valence electrons. The van der Waals surface area contributed by atoms with E-state index in [-0.39, 0.29) is 29.9 Å². The molecule has 0 spiro atoms. The average Bonchev–Trinajstić information content (AvgIpc) is 2.49. The number of rotatable bonds is 4. The molecule has 1 aliphatic heterocycles. The Bertz CT molecular complexity index is 593. The van der Waals surface area contributed by atoms with Gasteiger partial charge in [0.25, 0.3) is 11.8 Å². The zero-order valence-electron chi connectivity index (χ0n) is 11.6. The van der Waals surface area contributed by atoms with Gasteiger partial charge in [0.2, 0.25) is 5.91 Å². The number of nitrogens with one attached hydrogen (secondary N) is 3. The molecule has 0 saturated heterocycles. The van der Waals surface area contributed by atoms with E-state index in [4.69, 9.17) is 0 Å². The van der Waals surface area contributed by atoms with Crippen LogP contribution in [0.4, 0.5) is 5.69 Å². The number of carbonyl (C=O) groups excluding carboxylic acids is 3. The molecule has 0 atom stereocenters. The fraction of sp³-hybridized carbons (Fsp3) is 0.286. The lowest BCUT2D eigenvalue weighted by atomic mass is 10.1. The zero-order chi connectivity index (χ0) is 15.2. The Kier molecular flexibility index (Phi) is 4.65. The van der Waals surface area contributed by atoms with Crippen LogP contribution in [-0.4, -0.2) is 30.0 Å². The minimum atomic E-state index is -0.360. The van der Waals surface area contributed by atoms with Gasteiger partial charge in [-0.2, -0.15) is 5.10 Å². The van der Waals surface area contributed by atoms with E-state index >= 15 is 0 Å². The molecule has 0 aromatic heterocycles. The second-order valence-corrected chi connectivity index (χ2v) is 4.48. The highest BCUT2D eigenvalue weighted by Gasteiger charge is 2.18. The van der Waals surface area contributed by atoms with Gasteiger partial charge in [0.05, 0.1) is 0 Å². The van der Waals surface area contributed by atoms with Crippen LogP contribution in [0, 0.1) is 0 Å². The molecule has 1 aliphatic rings. The Morgan fingerprint density at radius 1 is 1.19 bits per heavy atom. The number of hydrazone groups is 1. The molecule has 21 heavy (non-hydrogen) atoms. The van der Waals surface area contributed by atoms with Gasteiger partial charge in [0.15, 0.2) is 0 Å². The van der Waals surface area contributed by atoms with Crippen molar-refractivity contribution in [2.24, 2.45) is 5.10 Å². The third-order valence-corrected chi connectivity index (χ3v) is 2.91. The van der Waals surface area contributed by atoms with Gasteiger partial charge in [-0.3, -0.25) is 14.4 Å². The molecule has 0 unspecified atom stereocenters. The molecule has 7 nitrogen and oxygen atoms in total. The van der Waals surface area contributed by atoms with Crippen molar-refractivity contribution >= 4 is 29.1 Å². The maximum absolute atomic E-state index is 11.9. The summed E-state index contributed by atoms with van der Waals surface area (Å²) in [6, 6.07) is 6.55. The molecule has 0 bridgehead atoms. The van der Waals surface area contributed by atoms with Gasteiger partial charge in [0.1, 0.15) is 5.71 Å². The standard InChI is InChI=1S/C14H16N4O3/c1-2-15-13(20)9-3-5-10(6-4-9)16-14(21)11-7-8-12(19)18-17-11/h3-6H,2,7-8H2,1H3,(H,15,20)(H,16,21)(H,18,19). The number of nitrogens with zero attached hydrogens (tertiary/aromatic N) is 1. The molecule has 2 rings (SSSR count). The molecule has 0 saturated carbocycles. The summed E-state index contributed by atoms with van der Waals surface area (Å²) in [6.45, 7) is 2.40. The maximum atomic E-state index is 11.9. The monoisotopic (exact) mass is 288 g/mol. The van der Waals surface area contributed by atoms with Gasteiger partial charge >= 0.3 is 0 Å². The van der Waals surface area contributed by atoms with E-state index in [1.54, 1.807) is 24.3 Å². The smallest absolute Gasteiger partial charge is 0.271 e. The molecule has 3 N–H and O–H groups in total. The first-order valence-electron chi connectivity index (χ1n) is 6.65. The van der Waals surface area contributed by atoms with Crippen LogP contribution in [0.15, 0.2) is 29.4 Å². The first kappa shape index (κ1) is 14.7. The highest BCUT2D eigenvalue weighted by Crippen LogP contribution is 2.11. The number of hydrogen-bond donors (Lipinski definition) is 3. The van der Waals surface area contributed by atoms with Crippen molar-refractivity contribution in [3.8, 4) is 0 Å². The lowest BCUT2D eigenvalue weighted by molar-refractivity contribution is -0.121. The van der Waals surface area contributed by atoms with E-state index in [2.05, 4.69) is 21.2 Å². The highest BCUT2D eigenvalue weighted by atomic mass is 16.2. The molecular weight excluding hydrogens is 272 g/mol. The molecule has 0 radical (unpaired) electrons. The van der Waals surface area contributed by atoms with E-state index in [0.29, 0.717) is 24.2 Å². The van der Waals surface area contributed by atoms with Crippen LogP contribution < -0.4 is 16.1 Å². The first-order chi connectivity index (χ1) is 10.1. The molecule has 7 heteroatoms. The summed E-state index contributed by atoms with van der Waals surface area (Å²) in [5.41, 5.74) is 3.64. The fourth-order valence-corrected chi connectivity index (χ4v) is 1.81. The van der Waals surface area contributed by atoms with Crippen LogP contribution in [0.25, 0.3) is 0 Å². The number of benzene rings is 1. The van der Waals surface area contributed by atoms with Crippen LogP contribution in [0.5, 0.6) is 0 Å². The summed E-state index contributed by atoms with van der Waals surface area (Å²) in [5, 5.41) is 9.08. The lowest BCUT2D eigenvalue weighted by Gasteiger charge is -2.12. The Morgan fingerprint density at radius 2 is 1.90 bits per heavy atom. The summed E-state index contributed by atoms with van der Waals surface area (Å²) < 4.78 is 0. The number of hydrogen-bond acceptors (Lipinski definition) is 4. The molecule has 0 fully saturated rings. The minimum absolute atomic E-state index is 0.158. The molecule has 1 aromatic carbocycles. The molecule has 1 heterocycles. The van der Waals surface area contributed by atoms with Gasteiger partial charge in [-0.1, -0.05) is 0 Å². The highest BCUT2D eigenvalue weighted by molar-refractivity contribution is 6.43. The Balaban J connectivity index is 1.98. The van der Waals surface area contributed by atoms with Gasteiger partial charge in [0, 0.05) is 30.6 Å². The third-order valence-electron chi connectivity index (χ3n) is 2.91. The first-order valence-corrected chi connectivity index (χ1v) is 6.65. The number of amides is 3. The van der Waals surface area contributed by atoms with Gasteiger partial charge < -0.3 is 10.6 Å². The Hall–Kier alpha value is -2.70. The summed E-state index contributed by atoms with van der Waals surface area (Å²) in [4.78, 5) is 34.5. The van der Waals surface area contributed by atoms with Crippen molar-refractivity contribution in [1.29, 1.82) is 0 Å². The van der Waals surface area contributed by atoms with Crippen molar-refractivity contribution in [2.45, 2.75) is 19.8 Å². The van der Waals surface area contributed by atoms with E-state index in [1.165, 1.54) is 0 Å². The van der Waals surface area contributed by atoms with E-state index < -0.39 is 0 Å². The van der Waals surface area contributed by atoms with Crippen molar-refractivity contribution in [3.05, 3.63) is 29.8 Å². The summed E-state index contributed by atoms with van der Waals surface area (Å²) in [7, 11) is 0. The predicted molar refractivity (Wildman–Crippen MR) is 77.9 cm³/mol. The van der Waals surface area contributed by atoms with Crippen molar-refractivity contribution in [2.75, 3.05) is 11.9 Å². The van der Waals surface area contributed by atoms with E-state index in [1.807, 2.05) is 6.92 Å². The van der Waals surface area contributed by atoms with Crippen LogP contribution in [0.3, 0.4) is 0 Å². The van der Waals surface area contributed by atoms with E-state index in [0.717, 1.165) is 0 Å². The zero-order valence-corrected chi connectivity index (χ0v) is 11.6. The van der Waals surface area contributed by atoms with Gasteiger partial charge in [-0.15, -0.1) is 0 Å². The quantitative estimate of drug-likeness (QED) is 0.758. The largest absolute Gasteiger partial charge is 0.352 e. The third kappa shape index (κ3) is 3.88. The van der Waals surface area contributed by atoms with Crippen LogP contribution >= 0.6 is 0 Å². The lowest BCUT2D eigenvalue weighted by Crippen LogP contribution is -2.32. The summed E-state index contributed by atoms with van der Waals surface area (Å²) in [5.74, 6) is -0.714. The summed E-state index contributed by atoms with van der Waals surface area (Å²) in [6.07, 6.45) is 0.567. The normalized spacial score (nSPS) is 14.0. The number of anilines is 1. The second kappa shape index (κ2) is 6.65. The molecular formula is C14H16N4O3. The Labute approximate surface area is 121 Å². The predicted octanol–water partition coefficient (Wildman–Crippen LogP) is 0.641. The average molecular weight is 288 g/mol. The summed E-state index contributed by atoms with van der Waals surface area (Å²) >= 11 is 0. The van der Waals surface area contributed by atoms with Gasteiger partial charge in [-0.25, -0.2) is 5.43 Å². The van der Waals surface area contributed by atoms with Crippen LogP contribution in [0.1, 0.15) is 30.1 Å². The SMILES string of the molecule is CCNC(=O)c1ccc(NC(=O)C2=NNC(=O)CC2)cc1. The van der Waals surface area contributed by atoms with Gasteiger partial charge in [-0.05, 0) is 31.2 Å². The Morgan fingerprint density at radius 3 is 2.48 bits per heavy atom. The minimum Gasteiger partial charge on any atom is -0.352 e. The number of carbonyl (C=O) groups is 3. The molecule has 0 aliphatic carbocycles. The molecule has 1 aromatic rings. The van der Waals surface area contributed by atoms with Crippen LogP contribution in [0.2, 0.25) is 0 Å². The topological polar surface area (TPSA) is 99.7 Å². The van der Waals surface area contributed by atoms with Crippen molar-refractivity contribution in [1.82, 2.24) is 10.7 Å². The van der Waals surface area contributed by atoms with Crippen molar-refractivity contribution in [3.63, 3.8) is 0 Å². The van der Waals surface area contributed by atoms with Crippen LogP contribution in [-0.2, 0) is 9.59 Å². The second-order valence-electron chi connectivity index (χ2n) is 4.48.